The SMILES string of the molecule is CCOC(=O)c1sc(NC(=O)CSc2nnc(NC(=O)CC(C)C)s2)c(C(=O)OCC)c1C. The normalized spacial score (nSPS) is 10.7. The molecule has 0 aliphatic carbocycles. The van der Waals surface area contributed by atoms with E-state index in [1.807, 2.05) is 13.8 Å². The third-order valence-electron chi connectivity index (χ3n) is 3.91. The van der Waals surface area contributed by atoms with Gasteiger partial charge in [-0.3, -0.25) is 9.59 Å². The number of carbonyl (C=O) groups excluding carboxylic acids is 4. The maximum atomic E-state index is 12.5. The second kappa shape index (κ2) is 12.7. The van der Waals surface area contributed by atoms with E-state index in [-0.39, 0.29) is 46.2 Å². The topological polar surface area (TPSA) is 137 Å². The van der Waals surface area contributed by atoms with E-state index < -0.39 is 17.8 Å². The van der Waals surface area contributed by atoms with E-state index in [0.717, 1.165) is 34.4 Å². The summed E-state index contributed by atoms with van der Waals surface area (Å²) in [6, 6.07) is 0. The lowest BCUT2D eigenvalue weighted by molar-refractivity contribution is -0.117. The molecule has 0 fully saturated rings. The molecule has 0 saturated carbocycles. The Balaban J connectivity index is 2.06. The molecule has 0 aromatic carbocycles. The first-order valence-electron chi connectivity index (χ1n) is 10.2. The molecule has 2 heterocycles. The molecular weight excluding hydrogens is 488 g/mol. The number of thioether (sulfide) groups is 1. The molecule has 0 radical (unpaired) electrons. The highest BCUT2D eigenvalue weighted by Gasteiger charge is 2.27. The van der Waals surface area contributed by atoms with Crippen molar-refractivity contribution in [2.45, 2.75) is 45.4 Å². The highest BCUT2D eigenvalue weighted by atomic mass is 32.2. The Bertz CT molecular complexity index is 1020. The summed E-state index contributed by atoms with van der Waals surface area (Å²) in [7, 11) is 0. The van der Waals surface area contributed by atoms with Crippen molar-refractivity contribution < 1.29 is 28.7 Å². The quantitative estimate of drug-likeness (QED) is 0.259. The van der Waals surface area contributed by atoms with Crippen LogP contribution in [-0.2, 0) is 19.1 Å². The van der Waals surface area contributed by atoms with Gasteiger partial charge in [0.1, 0.15) is 9.88 Å². The second-order valence-corrected chi connectivity index (χ2v) is 10.3. The van der Waals surface area contributed by atoms with Crippen LogP contribution in [0.3, 0.4) is 0 Å². The molecule has 10 nitrogen and oxygen atoms in total. The minimum atomic E-state index is -0.629. The zero-order valence-corrected chi connectivity index (χ0v) is 21.4. The average Bonchev–Trinajstić information content (AvgIpc) is 3.30. The van der Waals surface area contributed by atoms with Crippen LogP contribution in [0.1, 0.15) is 59.7 Å². The Labute approximate surface area is 203 Å². The Morgan fingerprint density at radius 1 is 0.970 bits per heavy atom. The van der Waals surface area contributed by atoms with Crippen molar-refractivity contribution >= 4 is 68.3 Å². The molecule has 0 aliphatic heterocycles. The minimum Gasteiger partial charge on any atom is -0.462 e. The molecule has 2 aromatic rings. The first-order valence-corrected chi connectivity index (χ1v) is 12.8. The monoisotopic (exact) mass is 514 g/mol. The highest BCUT2D eigenvalue weighted by Crippen LogP contribution is 2.35. The number of amides is 2. The van der Waals surface area contributed by atoms with Gasteiger partial charge in [0.05, 0.1) is 24.5 Å². The van der Waals surface area contributed by atoms with Gasteiger partial charge in [-0.1, -0.05) is 36.9 Å². The van der Waals surface area contributed by atoms with Crippen molar-refractivity contribution in [1.82, 2.24) is 10.2 Å². The van der Waals surface area contributed by atoms with Gasteiger partial charge in [-0.15, -0.1) is 21.5 Å². The maximum absolute atomic E-state index is 12.5. The molecule has 0 aliphatic rings. The van der Waals surface area contributed by atoms with Gasteiger partial charge in [0.15, 0.2) is 4.34 Å². The summed E-state index contributed by atoms with van der Waals surface area (Å²) < 4.78 is 10.6. The summed E-state index contributed by atoms with van der Waals surface area (Å²) in [5.41, 5.74) is 0.528. The van der Waals surface area contributed by atoms with E-state index in [1.54, 1.807) is 20.8 Å². The number of aromatic nitrogens is 2. The molecule has 0 bridgehead atoms. The number of thiophene rings is 1. The fourth-order valence-electron chi connectivity index (χ4n) is 2.59. The molecule has 13 heteroatoms. The lowest BCUT2D eigenvalue weighted by Crippen LogP contribution is -2.16. The van der Waals surface area contributed by atoms with Crippen LogP contribution in [-0.4, -0.2) is 52.9 Å². The van der Waals surface area contributed by atoms with Crippen LogP contribution in [0.15, 0.2) is 4.34 Å². The van der Waals surface area contributed by atoms with E-state index in [4.69, 9.17) is 9.47 Å². The number of rotatable bonds is 11. The molecule has 180 valence electrons. The molecule has 2 amide bonds. The van der Waals surface area contributed by atoms with E-state index in [9.17, 15) is 19.2 Å². The number of nitrogens with one attached hydrogen (secondary N) is 2. The molecule has 0 unspecified atom stereocenters. The smallest absolute Gasteiger partial charge is 0.348 e. The van der Waals surface area contributed by atoms with Crippen molar-refractivity contribution in [3.05, 3.63) is 16.0 Å². The Hall–Kier alpha value is -2.51. The first kappa shape index (κ1) is 26.7. The number of hydrogen-bond donors (Lipinski definition) is 2. The molecular formula is C20H26N4O6S3. The van der Waals surface area contributed by atoms with Gasteiger partial charge in [0.25, 0.3) is 0 Å². The Kier molecular flexibility index (Phi) is 10.3. The predicted octanol–water partition coefficient (Wildman–Crippen LogP) is 3.98. The van der Waals surface area contributed by atoms with Gasteiger partial charge in [-0.25, -0.2) is 9.59 Å². The summed E-state index contributed by atoms with van der Waals surface area (Å²) in [4.78, 5) is 49.2. The van der Waals surface area contributed by atoms with E-state index >= 15 is 0 Å². The van der Waals surface area contributed by atoms with Crippen LogP contribution in [0.25, 0.3) is 0 Å². The zero-order chi connectivity index (χ0) is 24.5. The largest absolute Gasteiger partial charge is 0.462 e. The minimum absolute atomic E-state index is 0.0114. The molecule has 0 spiro atoms. The first-order chi connectivity index (χ1) is 15.7. The van der Waals surface area contributed by atoms with Crippen LogP contribution in [0.4, 0.5) is 10.1 Å². The number of carbonyl (C=O) groups is 4. The maximum Gasteiger partial charge on any atom is 0.348 e. The standard InChI is InChI=1S/C20H26N4O6S3/c1-6-29-17(27)14-11(5)15(18(28)30-7-2)32-16(14)21-13(26)9-31-20-24-23-19(33-20)22-12(25)8-10(3)4/h10H,6-9H2,1-5H3,(H,21,26)(H,22,23,25). The van der Waals surface area contributed by atoms with E-state index in [0.29, 0.717) is 21.5 Å². The average molecular weight is 515 g/mol. The number of esters is 2. The van der Waals surface area contributed by atoms with Crippen molar-refractivity contribution in [1.29, 1.82) is 0 Å². The Morgan fingerprint density at radius 3 is 2.27 bits per heavy atom. The zero-order valence-electron chi connectivity index (χ0n) is 19.0. The van der Waals surface area contributed by atoms with Crippen LogP contribution in [0, 0.1) is 12.8 Å². The molecule has 2 N–H and O–H groups in total. The highest BCUT2D eigenvalue weighted by molar-refractivity contribution is 8.01. The van der Waals surface area contributed by atoms with Crippen LogP contribution >= 0.6 is 34.4 Å². The van der Waals surface area contributed by atoms with Gasteiger partial charge in [0, 0.05) is 6.42 Å². The van der Waals surface area contributed by atoms with Crippen molar-refractivity contribution in [2.75, 3.05) is 29.6 Å². The summed E-state index contributed by atoms with van der Waals surface area (Å²) >= 11 is 3.27. The molecule has 33 heavy (non-hydrogen) atoms. The molecule has 0 saturated heterocycles. The van der Waals surface area contributed by atoms with Gasteiger partial charge in [-0.05, 0) is 32.3 Å². The summed E-state index contributed by atoms with van der Waals surface area (Å²) in [6.45, 7) is 9.18. The molecule has 2 rings (SSSR count). The van der Waals surface area contributed by atoms with Gasteiger partial charge >= 0.3 is 11.9 Å². The predicted molar refractivity (Wildman–Crippen MR) is 128 cm³/mol. The van der Waals surface area contributed by atoms with Gasteiger partial charge in [0.2, 0.25) is 16.9 Å². The number of nitrogens with zero attached hydrogens (tertiary/aromatic N) is 2. The third-order valence-corrected chi connectivity index (χ3v) is 7.07. The molecule has 2 aromatic heterocycles. The lowest BCUT2D eigenvalue weighted by Gasteiger charge is -2.06. The molecule has 0 atom stereocenters. The summed E-state index contributed by atoms with van der Waals surface area (Å²) in [5.74, 6) is -1.53. The summed E-state index contributed by atoms with van der Waals surface area (Å²) in [6.07, 6.45) is 0.376. The Morgan fingerprint density at radius 2 is 1.64 bits per heavy atom. The van der Waals surface area contributed by atoms with Crippen molar-refractivity contribution in [3.8, 4) is 0 Å². The fraction of sp³-hybridized carbons (Fsp3) is 0.500. The fourth-order valence-corrected chi connectivity index (χ4v) is 5.26. The van der Waals surface area contributed by atoms with Crippen LogP contribution in [0.5, 0.6) is 0 Å². The summed E-state index contributed by atoms with van der Waals surface area (Å²) in [5, 5.41) is 13.8. The van der Waals surface area contributed by atoms with E-state index in [2.05, 4.69) is 20.8 Å². The van der Waals surface area contributed by atoms with Gasteiger partial charge < -0.3 is 20.1 Å². The van der Waals surface area contributed by atoms with Crippen molar-refractivity contribution in [2.24, 2.45) is 5.92 Å². The van der Waals surface area contributed by atoms with Crippen molar-refractivity contribution in [3.63, 3.8) is 0 Å². The number of anilines is 2. The number of ether oxygens (including phenoxy) is 2. The van der Waals surface area contributed by atoms with Crippen LogP contribution in [0.2, 0.25) is 0 Å². The van der Waals surface area contributed by atoms with Crippen LogP contribution < -0.4 is 10.6 Å². The van der Waals surface area contributed by atoms with E-state index in [1.165, 1.54) is 0 Å². The third kappa shape index (κ3) is 7.79. The lowest BCUT2D eigenvalue weighted by atomic mass is 10.1. The second-order valence-electron chi connectivity index (χ2n) is 7.06. The number of hydrogen-bond acceptors (Lipinski definition) is 11. The van der Waals surface area contributed by atoms with Gasteiger partial charge in [-0.2, -0.15) is 0 Å².